The molecule has 0 aromatic heterocycles. The van der Waals surface area contributed by atoms with Crippen LogP contribution in [0, 0.1) is 0 Å². The molecule has 5 heteroatoms. The van der Waals surface area contributed by atoms with E-state index in [-0.39, 0.29) is 12.3 Å². The molecule has 2 aromatic rings. The minimum absolute atomic E-state index is 0.133. The minimum Gasteiger partial charge on any atom is -0.481 e. The number of carboxylic acid groups (broad SMARTS) is 1. The van der Waals surface area contributed by atoms with Crippen LogP contribution in [0.4, 0.5) is 5.69 Å². The van der Waals surface area contributed by atoms with Crippen molar-refractivity contribution in [2.75, 3.05) is 5.32 Å². The average molecular weight is 334 g/mol. The summed E-state index contributed by atoms with van der Waals surface area (Å²) in [6, 6.07) is 13.9. The van der Waals surface area contributed by atoms with E-state index >= 15 is 0 Å². The molecule has 0 bridgehead atoms. The molecular weight excluding hydrogens is 322 g/mol. The van der Waals surface area contributed by atoms with Crippen LogP contribution in [0.15, 0.2) is 53.0 Å². The fourth-order valence-electron chi connectivity index (χ4n) is 1.79. The summed E-state index contributed by atoms with van der Waals surface area (Å²) in [6.45, 7) is 0. The summed E-state index contributed by atoms with van der Waals surface area (Å²) >= 11 is 3.31. The summed E-state index contributed by atoms with van der Waals surface area (Å²) in [4.78, 5) is 23.0. The van der Waals surface area contributed by atoms with Gasteiger partial charge in [0.05, 0.1) is 12.0 Å². The zero-order chi connectivity index (χ0) is 14.5. The third kappa shape index (κ3) is 3.45. The van der Waals surface area contributed by atoms with Crippen molar-refractivity contribution in [1.82, 2.24) is 0 Å². The third-order valence-corrected chi connectivity index (χ3v) is 3.42. The van der Waals surface area contributed by atoms with E-state index in [0.29, 0.717) is 21.3 Å². The van der Waals surface area contributed by atoms with Crippen LogP contribution >= 0.6 is 15.9 Å². The van der Waals surface area contributed by atoms with Crippen molar-refractivity contribution in [1.29, 1.82) is 0 Å². The Hall–Kier alpha value is -2.14. The largest absolute Gasteiger partial charge is 0.481 e. The van der Waals surface area contributed by atoms with Crippen molar-refractivity contribution in [2.24, 2.45) is 0 Å². The Kier molecular flexibility index (Phi) is 4.53. The Morgan fingerprint density at radius 2 is 1.70 bits per heavy atom. The van der Waals surface area contributed by atoms with E-state index in [2.05, 4.69) is 21.2 Å². The summed E-state index contributed by atoms with van der Waals surface area (Å²) < 4.78 is 0.688. The molecule has 0 unspecified atom stereocenters. The number of amides is 1. The van der Waals surface area contributed by atoms with Crippen LogP contribution in [0.3, 0.4) is 0 Å². The van der Waals surface area contributed by atoms with Gasteiger partial charge in [-0.1, -0.05) is 30.3 Å². The Morgan fingerprint density at radius 1 is 1.05 bits per heavy atom. The second-order valence-corrected chi connectivity index (χ2v) is 5.02. The van der Waals surface area contributed by atoms with Gasteiger partial charge >= 0.3 is 5.97 Å². The molecule has 20 heavy (non-hydrogen) atoms. The predicted molar refractivity (Wildman–Crippen MR) is 79.9 cm³/mol. The number of hydrogen-bond acceptors (Lipinski definition) is 2. The molecule has 0 aliphatic rings. The molecule has 0 atom stereocenters. The van der Waals surface area contributed by atoms with Crippen LogP contribution in [0.5, 0.6) is 0 Å². The van der Waals surface area contributed by atoms with E-state index in [1.165, 1.54) is 0 Å². The van der Waals surface area contributed by atoms with Gasteiger partial charge in [-0.05, 0) is 39.7 Å². The van der Waals surface area contributed by atoms with Crippen LogP contribution in [0.2, 0.25) is 0 Å². The highest BCUT2D eigenvalue weighted by Crippen LogP contribution is 2.20. The van der Waals surface area contributed by atoms with Crippen molar-refractivity contribution in [3.05, 3.63) is 64.1 Å². The maximum Gasteiger partial charge on any atom is 0.307 e. The molecule has 0 saturated carbocycles. The highest BCUT2D eigenvalue weighted by atomic mass is 79.9. The smallest absolute Gasteiger partial charge is 0.307 e. The van der Waals surface area contributed by atoms with Crippen LogP contribution in [0.25, 0.3) is 0 Å². The van der Waals surface area contributed by atoms with Gasteiger partial charge in [0.25, 0.3) is 5.91 Å². The van der Waals surface area contributed by atoms with Crippen LogP contribution < -0.4 is 5.32 Å². The van der Waals surface area contributed by atoms with Crippen molar-refractivity contribution in [3.63, 3.8) is 0 Å². The molecule has 2 aromatic carbocycles. The van der Waals surface area contributed by atoms with Gasteiger partial charge in [-0.15, -0.1) is 0 Å². The number of carboxylic acids is 1. The van der Waals surface area contributed by atoms with Gasteiger partial charge in [0.15, 0.2) is 0 Å². The number of carbonyl (C=O) groups is 2. The summed E-state index contributed by atoms with van der Waals surface area (Å²) in [6.07, 6.45) is -0.133. The lowest BCUT2D eigenvalue weighted by molar-refractivity contribution is -0.136. The topological polar surface area (TPSA) is 66.4 Å². The molecular formula is C15H12BrNO3. The fraction of sp³-hybridized carbons (Fsp3) is 0.0667. The molecule has 0 heterocycles. The number of anilines is 1. The number of aliphatic carboxylic acids is 1. The first kappa shape index (κ1) is 14.3. The quantitative estimate of drug-likeness (QED) is 0.901. The third-order valence-electron chi connectivity index (χ3n) is 2.73. The number of para-hydroxylation sites is 1. The lowest BCUT2D eigenvalue weighted by Gasteiger charge is -2.10. The molecule has 0 spiro atoms. The number of benzene rings is 2. The number of halogens is 1. The summed E-state index contributed by atoms with van der Waals surface area (Å²) in [5.41, 5.74) is 1.58. The predicted octanol–water partition coefficient (Wildman–Crippen LogP) is 3.33. The molecule has 4 nitrogen and oxygen atoms in total. The molecule has 2 rings (SSSR count). The van der Waals surface area contributed by atoms with Gasteiger partial charge in [-0.3, -0.25) is 9.59 Å². The molecule has 0 radical (unpaired) electrons. The summed E-state index contributed by atoms with van der Waals surface area (Å²) in [5, 5.41) is 11.6. The second-order valence-electron chi connectivity index (χ2n) is 4.16. The van der Waals surface area contributed by atoms with Gasteiger partial charge < -0.3 is 10.4 Å². The Morgan fingerprint density at radius 3 is 2.40 bits per heavy atom. The minimum atomic E-state index is -0.937. The number of nitrogens with one attached hydrogen (secondary N) is 1. The Balaban J connectivity index is 2.24. The number of carbonyl (C=O) groups excluding carboxylic acids is 1. The van der Waals surface area contributed by atoms with Crippen molar-refractivity contribution in [3.8, 4) is 0 Å². The zero-order valence-corrected chi connectivity index (χ0v) is 12.1. The van der Waals surface area contributed by atoms with Crippen LogP contribution in [-0.2, 0) is 11.2 Å². The zero-order valence-electron chi connectivity index (χ0n) is 10.5. The van der Waals surface area contributed by atoms with Crippen molar-refractivity contribution >= 4 is 33.5 Å². The summed E-state index contributed by atoms with van der Waals surface area (Å²) in [5.74, 6) is -1.22. The van der Waals surface area contributed by atoms with E-state index in [9.17, 15) is 9.59 Å². The van der Waals surface area contributed by atoms with Gasteiger partial charge in [-0.25, -0.2) is 0 Å². The normalized spacial score (nSPS) is 10.1. The lowest BCUT2D eigenvalue weighted by Crippen LogP contribution is -2.14. The van der Waals surface area contributed by atoms with E-state index in [1.54, 1.807) is 42.5 Å². The first-order valence-corrected chi connectivity index (χ1v) is 6.73. The molecule has 2 N–H and O–H groups in total. The maximum atomic E-state index is 12.2. The fourth-order valence-corrected chi connectivity index (χ4v) is 2.26. The number of rotatable bonds is 4. The summed E-state index contributed by atoms with van der Waals surface area (Å²) in [7, 11) is 0. The first-order valence-electron chi connectivity index (χ1n) is 5.93. The van der Waals surface area contributed by atoms with Gasteiger partial charge in [0.2, 0.25) is 0 Å². The van der Waals surface area contributed by atoms with E-state index in [4.69, 9.17) is 5.11 Å². The highest BCUT2D eigenvalue weighted by molar-refractivity contribution is 9.10. The number of hydrogen-bond donors (Lipinski definition) is 2. The molecule has 0 fully saturated rings. The Bertz CT molecular complexity index is 655. The van der Waals surface area contributed by atoms with Crippen LogP contribution in [0.1, 0.15) is 15.9 Å². The molecule has 0 saturated heterocycles. The SMILES string of the molecule is O=C(O)Cc1ccccc1NC(=O)c1ccccc1Br. The molecule has 102 valence electrons. The molecule has 1 amide bonds. The average Bonchev–Trinajstić information content (AvgIpc) is 2.41. The van der Waals surface area contributed by atoms with Crippen molar-refractivity contribution in [2.45, 2.75) is 6.42 Å². The van der Waals surface area contributed by atoms with Gasteiger partial charge in [0, 0.05) is 10.2 Å². The molecule has 0 aliphatic heterocycles. The maximum absolute atomic E-state index is 12.2. The van der Waals surface area contributed by atoms with Crippen molar-refractivity contribution < 1.29 is 14.7 Å². The molecule has 0 aliphatic carbocycles. The highest BCUT2D eigenvalue weighted by Gasteiger charge is 2.12. The van der Waals surface area contributed by atoms with E-state index in [1.807, 2.05) is 6.07 Å². The lowest BCUT2D eigenvalue weighted by atomic mass is 10.1. The standard InChI is InChI=1S/C15H12BrNO3/c16-12-7-3-2-6-11(12)15(20)17-13-8-4-1-5-10(13)9-14(18)19/h1-8H,9H2,(H,17,20)(H,18,19). The van der Waals surface area contributed by atoms with E-state index < -0.39 is 5.97 Å². The monoisotopic (exact) mass is 333 g/mol. The Labute approximate surface area is 124 Å². The van der Waals surface area contributed by atoms with Crippen LogP contribution in [-0.4, -0.2) is 17.0 Å². The van der Waals surface area contributed by atoms with E-state index in [0.717, 1.165) is 0 Å². The van der Waals surface area contributed by atoms with Gasteiger partial charge in [0.1, 0.15) is 0 Å². The van der Waals surface area contributed by atoms with Gasteiger partial charge in [-0.2, -0.15) is 0 Å². The first-order chi connectivity index (χ1) is 9.58. The second kappa shape index (κ2) is 6.34.